The van der Waals surface area contributed by atoms with Crippen LogP contribution in [0.15, 0.2) is 29.6 Å². The van der Waals surface area contributed by atoms with E-state index in [0.29, 0.717) is 15.6 Å². The largest absolute Gasteiger partial charge is 0.481 e. The molecule has 0 bridgehead atoms. The van der Waals surface area contributed by atoms with Gasteiger partial charge in [0.25, 0.3) is 5.91 Å². The average molecular weight is 521 g/mol. The van der Waals surface area contributed by atoms with Crippen molar-refractivity contribution in [2.24, 2.45) is 0 Å². The summed E-state index contributed by atoms with van der Waals surface area (Å²) in [5.74, 6) is -2.33. The molecular formula is C24H29ClN4O5S. The van der Waals surface area contributed by atoms with Gasteiger partial charge in [0.15, 0.2) is 0 Å². The summed E-state index contributed by atoms with van der Waals surface area (Å²) in [7, 11) is 2.08. The molecule has 3 amide bonds. The molecule has 0 spiro atoms. The Kier molecular flexibility index (Phi) is 9.64. The third-order valence-electron chi connectivity index (χ3n) is 5.71. The van der Waals surface area contributed by atoms with Crippen molar-refractivity contribution in [2.45, 2.75) is 38.1 Å². The predicted octanol–water partition coefficient (Wildman–Crippen LogP) is 2.54. The molecule has 35 heavy (non-hydrogen) atoms. The second-order valence-corrected chi connectivity index (χ2v) is 9.83. The van der Waals surface area contributed by atoms with E-state index in [4.69, 9.17) is 16.7 Å². The molecule has 0 radical (unpaired) electrons. The number of halogens is 1. The highest BCUT2D eigenvalue weighted by molar-refractivity contribution is 7.12. The molecule has 2 heterocycles. The molecule has 1 aliphatic heterocycles. The van der Waals surface area contributed by atoms with Gasteiger partial charge in [0, 0.05) is 43.5 Å². The molecule has 1 aliphatic rings. The van der Waals surface area contributed by atoms with Crippen LogP contribution >= 0.6 is 22.9 Å². The molecule has 2 aromatic rings. The first kappa shape index (κ1) is 26.7. The lowest BCUT2D eigenvalue weighted by molar-refractivity contribution is -0.137. The Hall–Kier alpha value is -2.95. The maximum absolute atomic E-state index is 13.1. The molecular weight excluding hydrogens is 492 g/mol. The second kappa shape index (κ2) is 12.7. The first-order valence-corrected chi connectivity index (χ1v) is 12.6. The summed E-state index contributed by atoms with van der Waals surface area (Å²) < 4.78 is 0. The monoisotopic (exact) mass is 520 g/mol. The quantitative estimate of drug-likeness (QED) is 0.381. The Morgan fingerprint density at radius 3 is 2.54 bits per heavy atom. The van der Waals surface area contributed by atoms with Crippen LogP contribution < -0.4 is 16.0 Å². The Bertz CT molecular complexity index is 1090. The van der Waals surface area contributed by atoms with Gasteiger partial charge in [-0.1, -0.05) is 17.7 Å². The molecule has 0 saturated heterocycles. The number of carboxylic acids is 1. The molecule has 11 heteroatoms. The van der Waals surface area contributed by atoms with E-state index in [0.717, 1.165) is 37.3 Å². The number of carbonyl (C=O) groups is 4. The summed E-state index contributed by atoms with van der Waals surface area (Å²) in [6.07, 6.45) is 1.88. The molecule has 188 valence electrons. The van der Waals surface area contributed by atoms with Crippen molar-refractivity contribution in [3.05, 3.63) is 50.7 Å². The average Bonchev–Trinajstić information content (AvgIpc) is 3.16. The minimum absolute atomic E-state index is 0.00832. The van der Waals surface area contributed by atoms with Gasteiger partial charge in [0.05, 0.1) is 9.90 Å². The molecule has 1 aromatic heterocycles. The fraction of sp³-hybridized carbons (Fsp3) is 0.417. The molecule has 0 saturated carbocycles. The minimum atomic E-state index is -1.04. The van der Waals surface area contributed by atoms with Crippen molar-refractivity contribution < 1.29 is 24.3 Å². The molecule has 3 rings (SSSR count). The summed E-state index contributed by atoms with van der Waals surface area (Å²) in [4.78, 5) is 51.1. The van der Waals surface area contributed by atoms with Crippen LogP contribution in [-0.2, 0) is 27.2 Å². The third-order valence-corrected chi connectivity index (χ3v) is 6.99. The standard InChI is InChI=1S/C24H29ClN4O5S/c1-29-9-7-15-5-6-18(11-16(15)8-10-29)27-23(33)19(13-26-21(30)3-2-4-22(31)32)28-24(34)20-12-17(25)14-35-20/h5-6,11-12,14,19H,2-4,7-10,13H2,1H3,(H,26,30)(H,27,33)(H,28,34)(H,31,32)/t19-/m1/s1. The summed E-state index contributed by atoms with van der Waals surface area (Å²) in [5, 5.41) is 18.9. The number of carboxylic acid groups (broad SMARTS) is 1. The summed E-state index contributed by atoms with van der Waals surface area (Å²) in [5.41, 5.74) is 3.04. The van der Waals surface area contributed by atoms with Gasteiger partial charge >= 0.3 is 5.97 Å². The van der Waals surface area contributed by atoms with Crippen molar-refractivity contribution in [2.75, 3.05) is 32.0 Å². The number of likely N-dealkylation sites (N-methyl/N-ethyl adjacent to an activating group) is 1. The van der Waals surface area contributed by atoms with E-state index < -0.39 is 29.7 Å². The van der Waals surface area contributed by atoms with Gasteiger partial charge in [-0.15, -0.1) is 11.3 Å². The van der Waals surface area contributed by atoms with E-state index in [1.807, 2.05) is 18.2 Å². The molecule has 0 unspecified atom stereocenters. The van der Waals surface area contributed by atoms with E-state index >= 15 is 0 Å². The fourth-order valence-corrected chi connectivity index (χ4v) is 4.70. The number of hydrogen-bond donors (Lipinski definition) is 4. The number of amides is 3. The number of aliphatic carboxylic acids is 1. The smallest absolute Gasteiger partial charge is 0.303 e. The van der Waals surface area contributed by atoms with Crippen LogP contribution in [0.1, 0.15) is 40.1 Å². The van der Waals surface area contributed by atoms with Crippen LogP contribution in [0.5, 0.6) is 0 Å². The molecule has 0 aliphatic carbocycles. The Morgan fingerprint density at radius 2 is 1.86 bits per heavy atom. The predicted molar refractivity (Wildman–Crippen MR) is 135 cm³/mol. The van der Waals surface area contributed by atoms with Gasteiger partial charge in [0.2, 0.25) is 11.8 Å². The molecule has 1 aromatic carbocycles. The Morgan fingerprint density at radius 1 is 1.11 bits per heavy atom. The van der Waals surface area contributed by atoms with Crippen LogP contribution in [0.3, 0.4) is 0 Å². The maximum Gasteiger partial charge on any atom is 0.303 e. The highest BCUT2D eigenvalue weighted by Gasteiger charge is 2.24. The molecule has 1 atom stereocenters. The van der Waals surface area contributed by atoms with Crippen LogP contribution in [0.4, 0.5) is 5.69 Å². The lowest BCUT2D eigenvalue weighted by atomic mass is 10.0. The first-order valence-electron chi connectivity index (χ1n) is 11.4. The zero-order chi connectivity index (χ0) is 25.4. The number of carbonyl (C=O) groups excluding carboxylic acids is 3. The van der Waals surface area contributed by atoms with Gasteiger partial charge in [-0.05, 0) is 55.6 Å². The van der Waals surface area contributed by atoms with Crippen molar-refractivity contribution in [1.29, 1.82) is 0 Å². The zero-order valence-electron chi connectivity index (χ0n) is 19.4. The van der Waals surface area contributed by atoms with Crippen molar-refractivity contribution in [3.63, 3.8) is 0 Å². The highest BCUT2D eigenvalue weighted by atomic mass is 35.5. The van der Waals surface area contributed by atoms with Crippen LogP contribution in [0.2, 0.25) is 5.02 Å². The van der Waals surface area contributed by atoms with Gasteiger partial charge in [0.1, 0.15) is 6.04 Å². The summed E-state index contributed by atoms with van der Waals surface area (Å²) in [6.45, 7) is 1.77. The minimum Gasteiger partial charge on any atom is -0.481 e. The third kappa shape index (κ3) is 8.34. The van der Waals surface area contributed by atoms with Gasteiger partial charge < -0.3 is 26.0 Å². The topological polar surface area (TPSA) is 128 Å². The van der Waals surface area contributed by atoms with E-state index in [-0.39, 0.29) is 25.8 Å². The van der Waals surface area contributed by atoms with Crippen LogP contribution in [0.25, 0.3) is 0 Å². The molecule has 4 N–H and O–H groups in total. The summed E-state index contributed by atoms with van der Waals surface area (Å²) in [6, 6.07) is 6.26. The van der Waals surface area contributed by atoms with Gasteiger partial charge in [-0.2, -0.15) is 0 Å². The zero-order valence-corrected chi connectivity index (χ0v) is 21.0. The van der Waals surface area contributed by atoms with Crippen molar-refractivity contribution in [1.82, 2.24) is 15.5 Å². The maximum atomic E-state index is 13.1. The lowest BCUT2D eigenvalue weighted by Gasteiger charge is -2.19. The van der Waals surface area contributed by atoms with Crippen LogP contribution in [0, 0.1) is 0 Å². The van der Waals surface area contributed by atoms with Gasteiger partial charge in [-0.3, -0.25) is 19.2 Å². The second-order valence-electron chi connectivity index (χ2n) is 8.48. The Labute approximate surface area is 212 Å². The normalized spacial score (nSPS) is 14.3. The SMILES string of the molecule is CN1CCc2ccc(NC(=O)[C@@H](CNC(=O)CCCC(=O)O)NC(=O)c3cc(Cl)cs3)cc2CC1. The number of fused-ring (bicyclic) bond motifs is 1. The van der Waals surface area contributed by atoms with Crippen molar-refractivity contribution >= 4 is 52.3 Å². The summed E-state index contributed by atoms with van der Waals surface area (Å²) >= 11 is 7.06. The van der Waals surface area contributed by atoms with E-state index in [1.54, 1.807) is 5.38 Å². The Balaban J connectivity index is 1.67. The van der Waals surface area contributed by atoms with E-state index in [1.165, 1.54) is 17.2 Å². The molecule has 0 fully saturated rings. The van der Waals surface area contributed by atoms with Gasteiger partial charge in [-0.25, -0.2) is 0 Å². The van der Waals surface area contributed by atoms with E-state index in [2.05, 4.69) is 27.9 Å². The first-order chi connectivity index (χ1) is 16.7. The number of thiophene rings is 1. The number of hydrogen-bond acceptors (Lipinski definition) is 6. The lowest BCUT2D eigenvalue weighted by Crippen LogP contribution is -2.50. The highest BCUT2D eigenvalue weighted by Crippen LogP contribution is 2.21. The number of rotatable bonds is 10. The number of nitrogens with one attached hydrogen (secondary N) is 3. The van der Waals surface area contributed by atoms with E-state index in [9.17, 15) is 19.2 Å². The fourth-order valence-electron chi connectivity index (χ4n) is 3.72. The number of anilines is 1. The number of nitrogens with zero attached hydrogens (tertiary/aromatic N) is 1. The van der Waals surface area contributed by atoms with Crippen molar-refractivity contribution in [3.8, 4) is 0 Å². The number of benzene rings is 1. The van der Waals surface area contributed by atoms with Crippen LogP contribution in [-0.4, -0.2) is 66.4 Å². The molecule has 9 nitrogen and oxygen atoms in total.